The molecule has 1 saturated carbocycles. The molecule has 1 rings (SSSR count). The Morgan fingerprint density at radius 3 is 2.56 bits per heavy atom. The molecule has 0 aromatic carbocycles. The first-order valence-corrected chi connectivity index (χ1v) is 7.10. The van der Waals surface area contributed by atoms with Gasteiger partial charge in [-0.25, -0.2) is 0 Å². The third-order valence-electron chi connectivity index (χ3n) is 3.90. The lowest BCUT2D eigenvalue weighted by atomic mass is 9.81. The van der Waals surface area contributed by atoms with Crippen molar-refractivity contribution < 1.29 is 5.11 Å². The first-order chi connectivity index (χ1) is 7.76. The molecular formula is C14H29NO. The normalized spacial score (nSPS) is 20.4. The molecule has 0 aromatic heterocycles. The molecule has 2 unspecified atom stereocenters. The van der Waals surface area contributed by atoms with E-state index in [1.165, 1.54) is 38.5 Å². The van der Waals surface area contributed by atoms with Crippen molar-refractivity contribution in [2.45, 2.75) is 64.8 Å². The molecule has 2 N–H and O–H groups in total. The zero-order valence-electron chi connectivity index (χ0n) is 11.0. The van der Waals surface area contributed by atoms with Crippen LogP contribution in [0.2, 0.25) is 0 Å². The summed E-state index contributed by atoms with van der Waals surface area (Å²) in [7, 11) is 0. The van der Waals surface area contributed by atoms with E-state index in [9.17, 15) is 0 Å². The fourth-order valence-electron chi connectivity index (χ4n) is 2.62. The molecule has 0 bridgehead atoms. The minimum atomic E-state index is 0.337. The molecule has 16 heavy (non-hydrogen) atoms. The van der Waals surface area contributed by atoms with E-state index in [1.54, 1.807) is 0 Å². The first kappa shape index (κ1) is 14.0. The van der Waals surface area contributed by atoms with Crippen LogP contribution in [0.5, 0.6) is 0 Å². The summed E-state index contributed by atoms with van der Waals surface area (Å²) in [5, 5.41) is 12.6. The van der Waals surface area contributed by atoms with Gasteiger partial charge in [-0.2, -0.15) is 0 Å². The number of rotatable bonds is 9. The SMILES string of the molecule is CCCC(CCO)CNC(C)CC1CCC1. The van der Waals surface area contributed by atoms with Gasteiger partial charge < -0.3 is 10.4 Å². The highest BCUT2D eigenvalue weighted by molar-refractivity contribution is 4.75. The summed E-state index contributed by atoms with van der Waals surface area (Å²) in [4.78, 5) is 0. The molecule has 0 heterocycles. The molecule has 2 atom stereocenters. The largest absolute Gasteiger partial charge is 0.396 e. The van der Waals surface area contributed by atoms with Crippen molar-refractivity contribution in [2.24, 2.45) is 11.8 Å². The summed E-state index contributed by atoms with van der Waals surface area (Å²) in [6.45, 7) is 5.95. The topological polar surface area (TPSA) is 32.3 Å². The molecule has 2 heteroatoms. The first-order valence-electron chi connectivity index (χ1n) is 7.10. The van der Waals surface area contributed by atoms with Crippen LogP contribution in [-0.4, -0.2) is 24.3 Å². The molecule has 0 aromatic rings. The molecule has 1 fully saturated rings. The fraction of sp³-hybridized carbons (Fsp3) is 1.00. The summed E-state index contributed by atoms with van der Waals surface area (Å²) in [5.74, 6) is 1.66. The third kappa shape index (κ3) is 5.31. The van der Waals surface area contributed by atoms with Gasteiger partial charge >= 0.3 is 0 Å². The summed E-state index contributed by atoms with van der Waals surface area (Å²) < 4.78 is 0. The third-order valence-corrected chi connectivity index (χ3v) is 3.90. The lowest BCUT2D eigenvalue weighted by Gasteiger charge is -2.29. The van der Waals surface area contributed by atoms with E-state index in [4.69, 9.17) is 5.11 Å². The van der Waals surface area contributed by atoms with Crippen LogP contribution in [0.1, 0.15) is 58.8 Å². The van der Waals surface area contributed by atoms with Crippen molar-refractivity contribution >= 4 is 0 Å². The molecule has 1 aliphatic rings. The second kappa shape index (κ2) is 8.08. The highest BCUT2D eigenvalue weighted by Crippen LogP contribution is 2.30. The monoisotopic (exact) mass is 227 g/mol. The Kier molecular flexibility index (Phi) is 7.06. The minimum Gasteiger partial charge on any atom is -0.396 e. The van der Waals surface area contributed by atoms with Crippen molar-refractivity contribution in [1.82, 2.24) is 5.32 Å². The highest BCUT2D eigenvalue weighted by atomic mass is 16.3. The van der Waals surface area contributed by atoms with E-state index < -0.39 is 0 Å². The summed E-state index contributed by atoms with van der Waals surface area (Å²) in [6, 6.07) is 0.656. The van der Waals surface area contributed by atoms with Gasteiger partial charge in [0.1, 0.15) is 0 Å². The standard InChI is InChI=1S/C14H29NO/c1-3-5-14(8-9-16)11-15-12(2)10-13-6-4-7-13/h12-16H,3-11H2,1-2H3. The Labute approximate surface area is 101 Å². The van der Waals surface area contributed by atoms with Crippen LogP contribution < -0.4 is 5.32 Å². The molecule has 0 radical (unpaired) electrons. The van der Waals surface area contributed by atoms with Crippen molar-refractivity contribution in [1.29, 1.82) is 0 Å². The van der Waals surface area contributed by atoms with E-state index in [1.807, 2.05) is 0 Å². The summed E-state index contributed by atoms with van der Waals surface area (Å²) in [5.41, 5.74) is 0. The molecule has 2 nitrogen and oxygen atoms in total. The lowest BCUT2D eigenvalue weighted by Crippen LogP contribution is -2.34. The van der Waals surface area contributed by atoms with Crippen LogP contribution in [-0.2, 0) is 0 Å². The average molecular weight is 227 g/mol. The van der Waals surface area contributed by atoms with Gasteiger partial charge in [-0.3, -0.25) is 0 Å². The number of nitrogens with one attached hydrogen (secondary N) is 1. The predicted octanol–water partition coefficient (Wildman–Crippen LogP) is 2.95. The Morgan fingerprint density at radius 2 is 2.06 bits per heavy atom. The Bertz CT molecular complexity index is 162. The maximum Gasteiger partial charge on any atom is 0.0434 e. The molecule has 1 aliphatic carbocycles. The number of aliphatic hydroxyl groups is 1. The highest BCUT2D eigenvalue weighted by Gasteiger charge is 2.20. The number of aliphatic hydroxyl groups excluding tert-OH is 1. The number of hydrogen-bond acceptors (Lipinski definition) is 2. The number of hydrogen-bond donors (Lipinski definition) is 2. The van der Waals surface area contributed by atoms with Crippen molar-refractivity contribution in [3.05, 3.63) is 0 Å². The summed E-state index contributed by atoms with van der Waals surface area (Å²) >= 11 is 0. The Morgan fingerprint density at radius 1 is 1.31 bits per heavy atom. The molecule has 0 aliphatic heterocycles. The van der Waals surface area contributed by atoms with E-state index in [0.29, 0.717) is 18.6 Å². The van der Waals surface area contributed by atoms with Crippen LogP contribution in [0.3, 0.4) is 0 Å². The molecular weight excluding hydrogens is 198 g/mol. The minimum absolute atomic E-state index is 0.337. The molecule has 0 amide bonds. The second-order valence-corrected chi connectivity index (χ2v) is 5.51. The zero-order valence-corrected chi connectivity index (χ0v) is 11.0. The zero-order chi connectivity index (χ0) is 11.8. The summed E-state index contributed by atoms with van der Waals surface area (Å²) in [6.07, 6.45) is 9.10. The van der Waals surface area contributed by atoms with Crippen LogP contribution in [0.25, 0.3) is 0 Å². The quantitative estimate of drug-likeness (QED) is 0.635. The van der Waals surface area contributed by atoms with Crippen LogP contribution >= 0.6 is 0 Å². The van der Waals surface area contributed by atoms with Crippen molar-refractivity contribution in [2.75, 3.05) is 13.2 Å². The van der Waals surface area contributed by atoms with Gasteiger partial charge in [0.25, 0.3) is 0 Å². The smallest absolute Gasteiger partial charge is 0.0434 e. The lowest BCUT2D eigenvalue weighted by molar-refractivity contribution is 0.233. The maximum absolute atomic E-state index is 8.99. The van der Waals surface area contributed by atoms with E-state index in [0.717, 1.165) is 18.9 Å². The van der Waals surface area contributed by atoms with Gasteiger partial charge in [0.2, 0.25) is 0 Å². The van der Waals surface area contributed by atoms with Gasteiger partial charge in [-0.15, -0.1) is 0 Å². The van der Waals surface area contributed by atoms with Crippen LogP contribution in [0.15, 0.2) is 0 Å². The molecule has 96 valence electrons. The van der Waals surface area contributed by atoms with Crippen LogP contribution in [0.4, 0.5) is 0 Å². The maximum atomic E-state index is 8.99. The molecule has 0 spiro atoms. The van der Waals surface area contributed by atoms with Gasteiger partial charge in [-0.1, -0.05) is 32.6 Å². The Balaban J connectivity index is 2.08. The van der Waals surface area contributed by atoms with Gasteiger partial charge in [0.05, 0.1) is 0 Å². The van der Waals surface area contributed by atoms with E-state index >= 15 is 0 Å². The van der Waals surface area contributed by atoms with Crippen molar-refractivity contribution in [3.63, 3.8) is 0 Å². The van der Waals surface area contributed by atoms with E-state index in [-0.39, 0.29) is 0 Å². The van der Waals surface area contributed by atoms with Crippen LogP contribution in [0, 0.1) is 11.8 Å². The average Bonchev–Trinajstić information content (AvgIpc) is 2.21. The predicted molar refractivity (Wildman–Crippen MR) is 69.5 cm³/mol. The molecule has 0 saturated heterocycles. The van der Waals surface area contributed by atoms with Gasteiger partial charge in [-0.05, 0) is 44.6 Å². The van der Waals surface area contributed by atoms with Gasteiger partial charge in [0, 0.05) is 12.6 Å². The van der Waals surface area contributed by atoms with Crippen molar-refractivity contribution in [3.8, 4) is 0 Å². The fourth-order valence-corrected chi connectivity index (χ4v) is 2.62. The van der Waals surface area contributed by atoms with Gasteiger partial charge in [0.15, 0.2) is 0 Å². The van der Waals surface area contributed by atoms with E-state index in [2.05, 4.69) is 19.2 Å². The Hall–Kier alpha value is -0.0800. The second-order valence-electron chi connectivity index (χ2n) is 5.51.